The molecule has 0 radical (unpaired) electrons. The fourth-order valence-electron chi connectivity index (χ4n) is 2.05. The zero-order valence-electron chi connectivity index (χ0n) is 11.2. The van der Waals surface area contributed by atoms with E-state index in [0.29, 0.717) is 6.04 Å². The van der Waals surface area contributed by atoms with Crippen LogP contribution in [-0.2, 0) is 6.54 Å². The Kier molecular flexibility index (Phi) is 6.97. The van der Waals surface area contributed by atoms with Gasteiger partial charge in [-0.3, -0.25) is 0 Å². The Balaban J connectivity index is 2.56. The molecule has 3 nitrogen and oxygen atoms in total. The Morgan fingerprint density at radius 2 is 2.18 bits per heavy atom. The largest absolute Gasteiger partial charge is 0.396 e. The van der Waals surface area contributed by atoms with E-state index in [1.54, 1.807) is 0 Å². The summed E-state index contributed by atoms with van der Waals surface area (Å²) in [6.07, 6.45) is 8.70. The summed E-state index contributed by atoms with van der Waals surface area (Å²) in [5.41, 5.74) is 1.37. The van der Waals surface area contributed by atoms with E-state index in [-0.39, 0.29) is 6.61 Å². The molecule has 3 heteroatoms. The highest BCUT2D eigenvalue weighted by Crippen LogP contribution is 2.19. The normalized spacial score (nSPS) is 12.9. The van der Waals surface area contributed by atoms with E-state index in [4.69, 9.17) is 5.11 Å². The lowest BCUT2D eigenvalue weighted by atomic mass is 10.1. The van der Waals surface area contributed by atoms with Crippen LogP contribution < -0.4 is 5.32 Å². The van der Waals surface area contributed by atoms with Crippen LogP contribution in [0.2, 0.25) is 0 Å². The lowest BCUT2D eigenvalue weighted by Gasteiger charge is -2.16. The smallest absolute Gasteiger partial charge is 0.0448 e. The summed E-state index contributed by atoms with van der Waals surface area (Å²) >= 11 is 0. The summed E-state index contributed by atoms with van der Waals surface area (Å²) < 4.78 is 2.17. The summed E-state index contributed by atoms with van der Waals surface area (Å²) in [5.74, 6) is 0. The Hall–Kier alpha value is -0.800. The Labute approximate surface area is 105 Å². The van der Waals surface area contributed by atoms with Crippen molar-refractivity contribution in [2.45, 2.75) is 52.1 Å². The fourth-order valence-corrected chi connectivity index (χ4v) is 2.05. The van der Waals surface area contributed by atoms with Gasteiger partial charge in [0.25, 0.3) is 0 Å². The van der Waals surface area contributed by atoms with Gasteiger partial charge < -0.3 is 15.0 Å². The van der Waals surface area contributed by atoms with E-state index < -0.39 is 0 Å². The molecular weight excluding hydrogens is 212 g/mol. The lowest BCUT2D eigenvalue weighted by molar-refractivity contribution is 0.280. The first-order chi connectivity index (χ1) is 8.31. The Morgan fingerprint density at radius 3 is 2.82 bits per heavy atom. The first kappa shape index (κ1) is 14.3. The molecule has 1 atom stereocenters. The van der Waals surface area contributed by atoms with Gasteiger partial charge >= 0.3 is 0 Å². The average molecular weight is 238 g/mol. The van der Waals surface area contributed by atoms with Crippen LogP contribution in [0.1, 0.15) is 51.1 Å². The van der Waals surface area contributed by atoms with Crippen molar-refractivity contribution in [2.75, 3.05) is 13.2 Å². The molecule has 1 unspecified atom stereocenters. The summed E-state index contributed by atoms with van der Waals surface area (Å²) in [6, 6.07) is 2.68. The molecule has 0 amide bonds. The van der Waals surface area contributed by atoms with Gasteiger partial charge in [0.05, 0.1) is 0 Å². The van der Waals surface area contributed by atoms with Crippen LogP contribution in [0.3, 0.4) is 0 Å². The molecule has 0 spiro atoms. The maximum atomic E-state index is 8.82. The summed E-state index contributed by atoms with van der Waals surface area (Å²) in [4.78, 5) is 0. The minimum Gasteiger partial charge on any atom is -0.396 e. The molecule has 0 aromatic carbocycles. The zero-order valence-corrected chi connectivity index (χ0v) is 11.2. The number of aliphatic hydroxyl groups is 1. The number of hydrogen-bond donors (Lipinski definition) is 2. The second-order valence-corrected chi connectivity index (χ2v) is 4.56. The standard InChI is InChI=1S/C14H26N2O/c1-3-6-14(15-8-4-2)13-7-10-16(12-13)9-5-11-17/h7,10,12,14-15,17H,3-6,8-9,11H2,1-2H3. The Morgan fingerprint density at radius 1 is 1.35 bits per heavy atom. The van der Waals surface area contributed by atoms with Gasteiger partial charge in [-0.15, -0.1) is 0 Å². The topological polar surface area (TPSA) is 37.2 Å². The van der Waals surface area contributed by atoms with Gasteiger partial charge in [-0.25, -0.2) is 0 Å². The van der Waals surface area contributed by atoms with Crippen molar-refractivity contribution in [1.82, 2.24) is 9.88 Å². The van der Waals surface area contributed by atoms with E-state index in [1.807, 2.05) is 0 Å². The lowest BCUT2D eigenvalue weighted by Crippen LogP contribution is -2.21. The molecule has 98 valence electrons. The van der Waals surface area contributed by atoms with Crippen LogP contribution in [-0.4, -0.2) is 22.8 Å². The van der Waals surface area contributed by atoms with E-state index in [1.165, 1.54) is 24.8 Å². The minimum absolute atomic E-state index is 0.264. The number of aliphatic hydroxyl groups excluding tert-OH is 1. The molecule has 1 aromatic heterocycles. The van der Waals surface area contributed by atoms with Crippen molar-refractivity contribution < 1.29 is 5.11 Å². The summed E-state index contributed by atoms with van der Waals surface area (Å²) in [5, 5.41) is 12.4. The molecular formula is C14H26N2O. The molecule has 0 aliphatic heterocycles. The molecule has 1 aromatic rings. The van der Waals surface area contributed by atoms with Crippen LogP contribution in [0.5, 0.6) is 0 Å². The third kappa shape index (κ3) is 4.92. The monoisotopic (exact) mass is 238 g/mol. The van der Waals surface area contributed by atoms with Crippen LogP contribution in [0.4, 0.5) is 0 Å². The van der Waals surface area contributed by atoms with Crippen molar-refractivity contribution in [1.29, 1.82) is 0 Å². The summed E-state index contributed by atoms with van der Waals surface area (Å²) in [6.45, 7) is 6.67. The second kappa shape index (κ2) is 8.31. The quantitative estimate of drug-likeness (QED) is 0.694. The van der Waals surface area contributed by atoms with Crippen molar-refractivity contribution in [2.24, 2.45) is 0 Å². The fraction of sp³-hybridized carbons (Fsp3) is 0.714. The number of aryl methyl sites for hydroxylation is 1. The van der Waals surface area contributed by atoms with Gasteiger partial charge in [0.2, 0.25) is 0 Å². The van der Waals surface area contributed by atoms with Gasteiger partial charge in [-0.2, -0.15) is 0 Å². The summed E-state index contributed by atoms with van der Waals surface area (Å²) in [7, 11) is 0. The maximum absolute atomic E-state index is 8.82. The molecule has 0 bridgehead atoms. The van der Waals surface area contributed by atoms with Gasteiger partial charge in [0, 0.05) is 31.6 Å². The number of hydrogen-bond acceptors (Lipinski definition) is 2. The predicted molar refractivity (Wildman–Crippen MR) is 72.1 cm³/mol. The van der Waals surface area contributed by atoms with Crippen LogP contribution >= 0.6 is 0 Å². The first-order valence-corrected chi connectivity index (χ1v) is 6.81. The third-order valence-corrected chi connectivity index (χ3v) is 2.97. The minimum atomic E-state index is 0.264. The van der Waals surface area contributed by atoms with Gasteiger partial charge in [0.15, 0.2) is 0 Å². The van der Waals surface area contributed by atoms with Crippen molar-refractivity contribution in [3.05, 3.63) is 24.0 Å². The molecule has 1 rings (SSSR count). The number of nitrogens with zero attached hydrogens (tertiary/aromatic N) is 1. The number of nitrogens with one attached hydrogen (secondary N) is 1. The Bertz CT molecular complexity index is 296. The van der Waals surface area contributed by atoms with Crippen LogP contribution in [0, 0.1) is 0 Å². The predicted octanol–water partition coefficient (Wildman–Crippen LogP) is 2.71. The molecule has 0 aliphatic rings. The maximum Gasteiger partial charge on any atom is 0.0448 e. The molecule has 0 aliphatic carbocycles. The van der Waals surface area contributed by atoms with Crippen LogP contribution in [0.25, 0.3) is 0 Å². The van der Waals surface area contributed by atoms with E-state index in [9.17, 15) is 0 Å². The van der Waals surface area contributed by atoms with Gasteiger partial charge in [0.1, 0.15) is 0 Å². The highest BCUT2D eigenvalue weighted by molar-refractivity contribution is 5.15. The highest BCUT2D eigenvalue weighted by atomic mass is 16.3. The number of rotatable bonds is 9. The molecule has 0 fully saturated rings. The van der Waals surface area contributed by atoms with Crippen LogP contribution in [0.15, 0.2) is 18.5 Å². The second-order valence-electron chi connectivity index (χ2n) is 4.56. The van der Waals surface area contributed by atoms with E-state index >= 15 is 0 Å². The average Bonchev–Trinajstić information content (AvgIpc) is 2.80. The molecule has 1 heterocycles. The molecule has 17 heavy (non-hydrogen) atoms. The van der Waals surface area contributed by atoms with Gasteiger partial charge in [-0.05, 0) is 37.4 Å². The van der Waals surface area contributed by atoms with E-state index in [0.717, 1.165) is 19.5 Å². The number of aromatic nitrogens is 1. The molecule has 0 saturated heterocycles. The van der Waals surface area contributed by atoms with Crippen molar-refractivity contribution in [3.8, 4) is 0 Å². The van der Waals surface area contributed by atoms with E-state index in [2.05, 4.69) is 42.2 Å². The van der Waals surface area contributed by atoms with Gasteiger partial charge in [-0.1, -0.05) is 20.3 Å². The first-order valence-electron chi connectivity index (χ1n) is 6.81. The highest BCUT2D eigenvalue weighted by Gasteiger charge is 2.10. The van der Waals surface area contributed by atoms with Crippen molar-refractivity contribution >= 4 is 0 Å². The molecule has 0 saturated carbocycles. The SMILES string of the molecule is CCCNC(CCC)c1ccn(CCCO)c1. The van der Waals surface area contributed by atoms with Crippen molar-refractivity contribution in [3.63, 3.8) is 0 Å². The molecule has 2 N–H and O–H groups in total. The third-order valence-electron chi connectivity index (χ3n) is 2.97. The zero-order chi connectivity index (χ0) is 12.5.